The minimum Gasteiger partial charge on any atom is -0.381 e. The Labute approximate surface area is 155 Å². The molecule has 0 spiro atoms. The SMILES string of the molecule is O=C(CC1CCOCC1)N1CCC[C@@H](Cc2ccc3ncccc3c2)C1. The topological polar surface area (TPSA) is 42.4 Å². The lowest BCUT2D eigenvalue weighted by atomic mass is 9.90. The first kappa shape index (κ1) is 17.5. The lowest BCUT2D eigenvalue weighted by molar-refractivity contribution is -0.134. The van der Waals surface area contributed by atoms with Crippen LogP contribution in [0.2, 0.25) is 0 Å². The molecule has 4 heteroatoms. The maximum atomic E-state index is 12.7. The third-order valence-electron chi connectivity index (χ3n) is 5.87. The average molecular weight is 352 g/mol. The molecule has 1 aromatic heterocycles. The summed E-state index contributed by atoms with van der Waals surface area (Å²) in [4.78, 5) is 19.2. The van der Waals surface area contributed by atoms with Crippen LogP contribution >= 0.6 is 0 Å². The molecule has 2 saturated heterocycles. The fourth-order valence-electron chi connectivity index (χ4n) is 4.37. The molecule has 4 nitrogen and oxygen atoms in total. The zero-order valence-electron chi connectivity index (χ0n) is 15.4. The summed E-state index contributed by atoms with van der Waals surface area (Å²) in [6.07, 6.45) is 8.00. The van der Waals surface area contributed by atoms with Crippen LogP contribution in [-0.2, 0) is 16.0 Å². The van der Waals surface area contributed by atoms with E-state index in [4.69, 9.17) is 4.74 Å². The van der Waals surface area contributed by atoms with Gasteiger partial charge in [-0.05, 0) is 67.7 Å². The number of hydrogen-bond donors (Lipinski definition) is 0. The number of hydrogen-bond acceptors (Lipinski definition) is 3. The van der Waals surface area contributed by atoms with Crippen molar-refractivity contribution in [2.75, 3.05) is 26.3 Å². The van der Waals surface area contributed by atoms with Crippen LogP contribution in [-0.4, -0.2) is 42.1 Å². The summed E-state index contributed by atoms with van der Waals surface area (Å²) in [6, 6.07) is 10.7. The fourth-order valence-corrected chi connectivity index (χ4v) is 4.37. The molecule has 138 valence electrons. The molecule has 0 radical (unpaired) electrons. The molecule has 0 saturated carbocycles. The largest absolute Gasteiger partial charge is 0.381 e. The minimum atomic E-state index is 0.351. The van der Waals surface area contributed by atoms with Gasteiger partial charge in [-0.1, -0.05) is 12.1 Å². The Morgan fingerprint density at radius 2 is 2.04 bits per heavy atom. The van der Waals surface area contributed by atoms with E-state index in [-0.39, 0.29) is 0 Å². The molecule has 2 aromatic rings. The number of pyridine rings is 1. The number of fused-ring (bicyclic) bond motifs is 1. The molecule has 0 bridgehead atoms. The molecule has 2 aliphatic heterocycles. The van der Waals surface area contributed by atoms with E-state index in [1.165, 1.54) is 17.4 Å². The van der Waals surface area contributed by atoms with Gasteiger partial charge in [0.1, 0.15) is 0 Å². The van der Waals surface area contributed by atoms with E-state index in [2.05, 4.69) is 34.1 Å². The third kappa shape index (κ3) is 4.24. The van der Waals surface area contributed by atoms with E-state index >= 15 is 0 Å². The second kappa shape index (κ2) is 8.17. The number of benzene rings is 1. The van der Waals surface area contributed by atoms with Gasteiger partial charge in [0.25, 0.3) is 0 Å². The van der Waals surface area contributed by atoms with Crippen LogP contribution in [0.1, 0.15) is 37.7 Å². The molecule has 2 aliphatic rings. The lowest BCUT2D eigenvalue weighted by Crippen LogP contribution is -2.41. The highest BCUT2D eigenvalue weighted by atomic mass is 16.5. The highest BCUT2D eigenvalue weighted by Crippen LogP contribution is 2.25. The summed E-state index contributed by atoms with van der Waals surface area (Å²) in [5, 5.41) is 1.20. The number of likely N-dealkylation sites (tertiary alicyclic amines) is 1. The number of aromatic nitrogens is 1. The van der Waals surface area contributed by atoms with Gasteiger partial charge in [-0.3, -0.25) is 9.78 Å². The zero-order chi connectivity index (χ0) is 17.8. The molecule has 4 rings (SSSR count). The van der Waals surface area contributed by atoms with Crippen molar-refractivity contribution in [1.29, 1.82) is 0 Å². The molecular weight excluding hydrogens is 324 g/mol. The van der Waals surface area contributed by atoms with Gasteiger partial charge in [-0.25, -0.2) is 0 Å². The number of nitrogens with zero attached hydrogens (tertiary/aromatic N) is 2. The summed E-state index contributed by atoms with van der Waals surface area (Å²) in [7, 11) is 0. The van der Waals surface area contributed by atoms with Crippen molar-refractivity contribution in [3.05, 3.63) is 42.1 Å². The molecule has 26 heavy (non-hydrogen) atoms. The van der Waals surface area contributed by atoms with Gasteiger partial charge in [-0.15, -0.1) is 0 Å². The van der Waals surface area contributed by atoms with Gasteiger partial charge in [0.2, 0.25) is 5.91 Å². The molecule has 1 aromatic carbocycles. The van der Waals surface area contributed by atoms with Crippen LogP contribution in [0.15, 0.2) is 36.5 Å². The maximum Gasteiger partial charge on any atom is 0.222 e. The van der Waals surface area contributed by atoms with Gasteiger partial charge in [0.15, 0.2) is 0 Å². The van der Waals surface area contributed by atoms with Gasteiger partial charge in [0.05, 0.1) is 5.52 Å². The number of piperidine rings is 1. The Kier molecular flexibility index (Phi) is 5.49. The van der Waals surface area contributed by atoms with Gasteiger partial charge in [0, 0.05) is 44.3 Å². The van der Waals surface area contributed by atoms with Crippen molar-refractivity contribution in [1.82, 2.24) is 9.88 Å². The van der Waals surface area contributed by atoms with Gasteiger partial charge < -0.3 is 9.64 Å². The molecule has 0 N–H and O–H groups in total. The zero-order valence-corrected chi connectivity index (χ0v) is 15.4. The Balaban J connectivity index is 1.35. The predicted molar refractivity (Wildman–Crippen MR) is 103 cm³/mol. The van der Waals surface area contributed by atoms with Crippen molar-refractivity contribution in [2.24, 2.45) is 11.8 Å². The first-order valence-corrected chi connectivity index (χ1v) is 9.97. The van der Waals surface area contributed by atoms with Crippen molar-refractivity contribution in [3.8, 4) is 0 Å². The summed E-state index contributed by atoms with van der Waals surface area (Å²) in [6.45, 7) is 3.47. The molecule has 0 aliphatic carbocycles. The van der Waals surface area contributed by atoms with Crippen LogP contribution in [0.25, 0.3) is 10.9 Å². The number of carbonyl (C=O) groups excluding carboxylic acids is 1. The van der Waals surface area contributed by atoms with E-state index in [1.807, 2.05) is 12.3 Å². The summed E-state index contributed by atoms with van der Waals surface area (Å²) < 4.78 is 5.41. The molecule has 3 heterocycles. The third-order valence-corrected chi connectivity index (χ3v) is 5.87. The van der Waals surface area contributed by atoms with E-state index in [0.29, 0.717) is 24.2 Å². The minimum absolute atomic E-state index is 0.351. The highest BCUT2D eigenvalue weighted by Gasteiger charge is 2.26. The first-order chi connectivity index (χ1) is 12.8. The van der Waals surface area contributed by atoms with Crippen LogP contribution in [0, 0.1) is 11.8 Å². The van der Waals surface area contributed by atoms with E-state index < -0.39 is 0 Å². The molecule has 0 unspecified atom stereocenters. The Hall–Kier alpha value is -1.94. The average Bonchev–Trinajstić information content (AvgIpc) is 2.69. The van der Waals surface area contributed by atoms with Crippen LogP contribution < -0.4 is 0 Å². The smallest absolute Gasteiger partial charge is 0.222 e. The molecule has 1 atom stereocenters. The quantitative estimate of drug-likeness (QED) is 0.840. The van der Waals surface area contributed by atoms with Crippen LogP contribution in [0.3, 0.4) is 0 Å². The highest BCUT2D eigenvalue weighted by molar-refractivity contribution is 5.79. The van der Waals surface area contributed by atoms with E-state index in [9.17, 15) is 4.79 Å². The van der Waals surface area contributed by atoms with Crippen LogP contribution in [0.4, 0.5) is 0 Å². The van der Waals surface area contributed by atoms with Crippen molar-refractivity contribution in [3.63, 3.8) is 0 Å². The lowest BCUT2D eigenvalue weighted by Gasteiger charge is -2.34. The first-order valence-electron chi connectivity index (χ1n) is 9.97. The number of carbonyl (C=O) groups is 1. The second-order valence-electron chi connectivity index (χ2n) is 7.84. The van der Waals surface area contributed by atoms with E-state index in [1.54, 1.807) is 0 Å². The normalized spacial score (nSPS) is 21.8. The Bertz CT molecular complexity index is 755. The Morgan fingerprint density at radius 1 is 1.15 bits per heavy atom. The van der Waals surface area contributed by atoms with E-state index in [0.717, 1.165) is 57.5 Å². The van der Waals surface area contributed by atoms with Gasteiger partial charge in [-0.2, -0.15) is 0 Å². The summed E-state index contributed by atoms with van der Waals surface area (Å²) in [5.41, 5.74) is 2.40. The number of amides is 1. The van der Waals surface area contributed by atoms with Crippen molar-refractivity contribution >= 4 is 16.8 Å². The molecular formula is C22H28N2O2. The monoisotopic (exact) mass is 352 g/mol. The predicted octanol–water partition coefficient (Wildman–Crippen LogP) is 3.83. The van der Waals surface area contributed by atoms with Crippen molar-refractivity contribution < 1.29 is 9.53 Å². The number of ether oxygens (including phenoxy) is 1. The molecule has 2 fully saturated rings. The standard InChI is InChI=1S/C22H28N2O2/c25-22(15-17-7-11-26-12-8-17)24-10-2-3-19(16-24)13-18-5-6-21-20(14-18)4-1-9-23-21/h1,4-6,9,14,17,19H,2-3,7-8,10-13,15-16H2/t19-/m0/s1. The van der Waals surface area contributed by atoms with Gasteiger partial charge >= 0.3 is 0 Å². The fraction of sp³-hybridized carbons (Fsp3) is 0.545. The second-order valence-corrected chi connectivity index (χ2v) is 7.84. The van der Waals surface area contributed by atoms with Crippen LogP contribution in [0.5, 0.6) is 0 Å². The summed E-state index contributed by atoms with van der Waals surface area (Å²) in [5.74, 6) is 1.44. The number of rotatable bonds is 4. The van der Waals surface area contributed by atoms with Crippen molar-refractivity contribution in [2.45, 2.75) is 38.5 Å². The molecule has 1 amide bonds. The Morgan fingerprint density at radius 3 is 2.92 bits per heavy atom. The maximum absolute atomic E-state index is 12.7. The summed E-state index contributed by atoms with van der Waals surface area (Å²) >= 11 is 0.